The average molecular weight is 375 g/mol. The SMILES string of the molecule is Cc1ccc(S(=O)(=O)NC(CN2CCOCC2)c2ccccc2)c(C)c1. The average Bonchev–Trinajstić information content (AvgIpc) is 2.62. The van der Waals surface area contributed by atoms with E-state index in [0.717, 1.165) is 29.8 Å². The van der Waals surface area contributed by atoms with Crippen LogP contribution in [0.4, 0.5) is 0 Å². The molecule has 1 saturated heterocycles. The number of hydrogen-bond donors (Lipinski definition) is 1. The van der Waals surface area contributed by atoms with Crippen LogP contribution in [0.15, 0.2) is 53.4 Å². The fourth-order valence-corrected chi connectivity index (χ4v) is 4.73. The zero-order valence-corrected chi connectivity index (χ0v) is 16.1. The van der Waals surface area contributed by atoms with Gasteiger partial charge in [0.05, 0.1) is 24.2 Å². The second kappa shape index (κ2) is 8.31. The molecule has 26 heavy (non-hydrogen) atoms. The highest BCUT2D eigenvalue weighted by Crippen LogP contribution is 2.22. The molecule has 0 radical (unpaired) electrons. The molecule has 2 aromatic rings. The molecule has 0 saturated carbocycles. The summed E-state index contributed by atoms with van der Waals surface area (Å²) >= 11 is 0. The lowest BCUT2D eigenvalue weighted by Gasteiger charge is -2.31. The van der Waals surface area contributed by atoms with Crippen LogP contribution < -0.4 is 4.72 Å². The molecular formula is C20H26N2O3S. The molecule has 1 aliphatic rings. The molecule has 1 fully saturated rings. The molecule has 6 heteroatoms. The summed E-state index contributed by atoms with van der Waals surface area (Å²) in [7, 11) is -3.61. The quantitative estimate of drug-likeness (QED) is 0.845. The summed E-state index contributed by atoms with van der Waals surface area (Å²) in [6.07, 6.45) is 0. The van der Waals surface area contributed by atoms with Crippen molar-refractivity contribution >= 4 is 10.0 Å². The van der Waals surface area contributed by atoms with E-state index in [1.165, 1.54) is 0 Å². The topological polar surface area (TPSA) is 58.6 Å². The van der Waals surface area contributed by atoms with Gasteiger partial charge in [0.2, 0.25) is 10.0 Å². The highest BCUT2D eigenvalue weighted by molar-refractivity contribution is 7.89. The predicted octanol–water partition coefficient (Wildman–Crippen LogP) is 2.66. The molecule has 0 bridgehead atoms. The van der Waals surface area contributed by atoms with Gasteiger partial charge in [-0.2, -0.15) is 0 Å². The number of sulfonamides is 1. The van der Waals surface area contributed by atoms with E-state index in [2.05, 4.69) is 9.62 Å². The maximum atomic E-state index is 13.0. The Kier molecular flexibility index (Phi) is 6.09. The number of morpholine rings is 1. The summed E-state index contributed by atoms with van der Waals surface area (Å²) in [4.78, 5) is 2.58. The van der Waals surface area contributed by atoms with Gasteiger partial charge in [0.25, 0.3) is 0 Å². The third kappa shape index (κ3) is 4.71. The van der Waals surface area contributed by atoms with E-state index < -0.39 is 10.0 Å². The number of benzene rings is 2. The number of nitrogens with zero attached hydrogens (tertiary/aromatic N) is 1. The number of rotatable bonds is 6. The summed E-state index contributed by atoms with van der Waals surface area (Å²) in [5, 5.41) is 0. The van der Waals surface area contributed by atoms with Crippen molar-refractivity contribution in [3.05, 3.63) is 65.2 Å². The van der Waals surface area contributed by atoms with Crippen molar-refractivity contribution in [2.75, 3.05) is 32.8 Å². The zero-order chi connectivity index (χ0) is 18.6. The molecule has 0 aliphatic carbocycles. The first-order valence-corrected chi connectivity index (χ1v) is 10.4. The molecular weight excluding hydrogens is 348 g/mol. The number of aryl methyl sites for hydroxylation is 2. The zero-order valence-electron chi connectivity index (χ0n) is 15.3. The van der Waals surface area contributed by atoms with E-state index in [0.29, 0.717) is 24.7 Å². The summed E-state index contributed by atoms with van der Waals surface area (Å²) in [6.45, 7) is 7.42. The number of hydrogen-bond acceptors (Lipinski definition) is 4. The fraction of sp³-hybridized carbons (Fsp3) is 0.400. The highest BCUT2D eigenvalue weighted by atomic mass is 32.2. The van der Waals surface area contributed by atoms with Crippen LogP contribution in [-0.4, -0.2) is 46.2 Å². The van der Waals surface area contributed by atoms with Gasteiger partial charge in [-0.1, -0.05) is 48.0 Å². The van der Waals surface area contributed by atoms with Crippen molar-refractivity contribution in [1.29, 1.82) is 0 Å². The van der Waals surface area contributed by atoms with E-state index in [1.807, 2.05) is 56.3 Å². The monoisotopic (exact) mass is 374 g/mol. The minimum Gasteiger partial charge on any atom is -0.379 e. The largest absolute Gasteiger partial charge is 0.379 e. The Bertz CT molecular complexity index is 831. The molecule has 1 aliphatic heterocycles. The van der Waals surface area contributed by atoms with Gasteiger partial charge in [0.15, 0.2) is 0 Å². The Labute approximate surface area is 156 Å². The van der Waals surface area contributed by atoms with Crippen LogP contribution in [0.2, 0.25) is 0 Å². The first-order chi connectivity index (χ1) is 12.5. The summed E-state index contributed by atoms with van der Waals surface area (Å²) in [5.41, 5.74) is 2.78. The standard InChI is InChI=1S/C20H26N2O3S/c1-16-8-9-20(17(2)14-16)26(23,24)21-19(18-6-4-3-5-7-18)15-22-10-12-25-13-11-22/h3-9,14,19,21H,10-13,15H2,1-2H3. The van der Waals surface area contributed by atoms with Crippen LogP contribution in [0.5, 0.6) is 0 Å². The van der Waals surface area contributed by atoms with Crippen LogP contribution >= 0.6 is 0 Å². The molecule has 0 spiro atoms. The Morgan fingerprint density at radius 1 is 1.08 bits per heavy atom. The third-order valence-electron chi connectivity index (χ3n) is 4.66. The van der Waals surface area contributed by atoms with Crippen LogP contribution in [0.3, 0.4) is 0 Å². The van der Waals surface area contributed by atoms with Crippen LogP contribution in [-0.2, 0) is 14.8 Å². The van der Waals surface area contributed by atoms with Crippen molar-refractivity contribution in [2.24, 2.45) is 0 Å². The highest BCUT2D eigenvalue weighted by Gasteiger charge is 2.25. The second-order valence-corrected chi connectivity index (χ2v) is 8.45. The van der Waals surface area contributed by atoms with Gasteiger partial charge in [-0.15, -0.1) is 0 Å². The van der Waals surface area contributed by atoms with E-state index >= 15 is 0 Å². The lowest BCUT2D eigenvalue weighted by atomic mass is 10.1. The van der Waals surface area contributed by atoms with E-state index in [-0.39, 0.29) is 6.04 Å². The minimum atomic E-state index is -3.61. The molecule has 5 nitrogen and oxygen atoms in total. The molecule has 0 aromatic heterocycles. The molecule has 1 atom stereocenters. The fourth-order valence-electron chi connectivity index (χ4n) is 3.29. The smallest absolute Gasteiger partial charge is 0.241 e. The van der Waals surface area contributed by atoms with Gasteiger partial charge in [-0.05, 0) is 31.0 Å². The van der Waals surface area contributed by atoms with Crippen molar-refractivity contribution in [2.45, 2.75) is 24.8 Å². The van der Waals surface area contributed by atoms with E-state index in [1.54, 1.807) is 6.07 Å². The van der Waals surface area contributed by atoms with Gasteiger partial charge < -0.3 is 4.74 Å². The lowest BCUT2D eigenvalue weighted by molar-refractivity contribution is 0.0345. The number of nitrogens with one attached hydrogen (secondary N) is 1. The summed E-state index contributed by atoms with van der Waals surface area (Å²) in [5.74, 6) is 0. The second-order valence-electron chi connectivity index (χ2n) is 6.77. The van der Waals surface area contributed by atoms with E-state index in [4.69, 9.17) is 4.74 Å². The maximum absolute atomic E-state index is 13.0. The van der Waals surface area contributed by atoms with Gasteiger partial charge in [0.1, 0.15) is 0 Å². The molecule has 1 N–H and O–H groups in total. The van der Waals surface area contributed by atoms with Crippen LogP contribution in [0.1, 0.15) is 22.7 Å². The van der Waals surface area contributed by atoms with Gasteiger partial charge in [-0.3, -0.25) is 4.90 Å². The molecule has 3 rings (SSSR count). The van der Waals surface area contributed by atoms with Gasteiger partial charge in [0, 0.05) is 19.6 Å². The minimum absolute atomic E-state index is 0.306. The molecule has 140 valence electrons. The summed E-state index contributed by atoms with van der Waals surface area (Å²) < 4.78 is 34.4. The predicted molar refractivity (Wildman–Crippen MR) is 103 cm³/mol. The Hall–Kier alpha value is -1.73. The normalized spacial score (nSPS) is 17.2. The van der Waals surface area contributed by atoms with Crippen molar-refractivity contribution < 1.29 is 13.2 Å². The Balaban J connectivity index is 1.86. The molecule has 2 aromatic carbocycles. The van der Waals surface area contributed by atoms with Crippen LogP contribution in [0.25, 0.3) is 0 Å². The van der Waals surface area contributed by atoms with Gasteiger partial charge in [-0.25, -0.2) is 13.1 Å². The Morgan fingerprint density at radius 3 is 2.42 bits per heavy atom. The van der Waals surface area contributed by atoms with Crippen molar-refractivity contribution in [3.63, 3.8) is 0 Å². The van der Waals surface area contributed by atoms with E-state index in [9.17, 15) is 8.42 Å². The van der Waals surface area contributed by atoms with Crippen LogP contribution in [0, 0.1) is 13.8 Å². The third-order valence-corrected chi connectivity index (χ3v) is 6.30. The first-order valence-electron chi connectivity index (χ1n) is 8.90. The van der Waals surface area contributed by atoms with Crippen molar-refractivity contribution in [1.82, 2.24) is 9.62 Å². The lowest BCUT2D eigenvalue weighted by Crippen LogP contribution is -2.43. The van der Waals surface area contributed by atoms with Crippen molar-refractivity contribution in [3.8, 4) is 0 Å². The molecule has 0 amide bonds. The molecule has 1 heterocycles. The first kappa shape index (κ1) is 19.0. The maximum Gasteiger partial charge on any atom is 0.241 e. The van der Waals surface area contributed by atoms with Gasteiger partial charge >= 0.3 is 0 Å². The summed E-state index contributed by atoms with van der Waals surface area (Å²) in [6, 6.07) is 14.9. The number of ether oxygens (including phenoxy) is 1. The Morgan fingerprint density at radius 2 is 1.77 bits per heavy atom. The molecule has 1 unspecified atom stereocenters.